The van der Waals surface area contributed by atoms with Crippen LogP contribution >= 0.6 is 11.6 Å². The quantitative estimate of drug-likeness (QED) is 0.604. The summed E-state index contributed by atoms with van der Waals surface area (Å²) in [6, 6.07) is 9.85. The zero-order chi connectivity index (χ0) is 17.5. The number of nitrogens with zero attached hydrogens (tertiary/aromatic N) is 2. The third kappa shape index (κ3) is 5.27. The highest BCUT2D eigenvalue weighted by molar-refractivity contribution is 6.30. The van der Waals surface area contributed by atoms with Crippen LogP contribution in [-0.4, -0.2) is 17.7 Å². The van der Waals surface area contributed by atoms with Crippen LogP contribution < -0.4 is 10.6 Å². The van der Waals surface area contributed by atoms with E-state index in [1.54, 1.807) is 0 Å². The van der Waals surface area contributed by atoms with E-state index in [1.165, 1.54) is 0 Å². The van der Waals surface area contributed by atoms with Crippen molar-refractivity contribution in [1.82, 2.24) is 15.8 Å². The average molecular weight is 349 g/mol. The van der Waals surface area contributed by atoms with E-state index in [2.05, 4.69) is 41.6 Å². The van der Waals surface area contributed by atoms with Gasteiger partial charge in [-0.25, -0.2) is 4.99 Å². The molecule has 1 unspecified atom stereocenters. The van der Waals surface area contributed by atoms with Crippen molar-refractivity contribution >= 4 is 17.6 Å². The topological polar surface area (TPSA) is 62.5 Å². The van der Waals surface area contributed by atoms with Gasteiger partial charge < -0.3 is 15.2 Å². The fourth-order valence-electron chi connectivity index (χ4n) is 2.22. The molecule has 0 aliphatic heterocycles. The molecule has 0 bridgehead atoms. The van der Waals surface area contributed by atoms with E-state index in [-0.39, 0.29) is 6.04 Å². The molecular weight excluding hydrogens is 324 g/mol. The highest BCUT2D eigenvalue weighted by Gasteiger charge is 2.10. The van der Waals surface area contributed by atoms with E-state index in [0.29, 0.717) is 12.5 Å². The molecule has 0 fully saturated rings. The third-order valence-electron chi connectivity index (χ3n) is 3.61. The fraction of sp³-hybridized carbons (Fsp3) is 0.444. The Labute approximate surface area is 148 Å². The minimum Gasteiger partial charge on any atom is -0.359 e. The lowest BCUT2D eigenvalue weighted by atomic mass is 10.1. The van der Waals surface area contributed by atoms with Crippen molar-refractivity contribution < 1.29 is 4.52 Å². The van der Waals surface area contributed by atoms with Crippen LogP contribution in [0.15, 0.2) is 39.8 Å². The summed E-state index contributed by atoms with van der Waals surface area (Å²) in [7, 11) is 0. The molecule has 1 aromatic carbocycles. The molecule has 2 rings (SSSR count). The number of nitrogens with one attached hydrogen (secondary N) is 2. The molecule has 2 N–H and O–H groups in total. The zero-order valence-electron chi connectivity index (χ0n) is 14.6. The van der Waals surface area contributed by atoms with Gasteiger partial charge >= 0.3 is 0 Å². The van der Waals surface area contributed by atoms with Crippen molar-refractivity contribution in [2.24, 2.45) is 4.99 Å². The summed E-state index contributed by atoms with van der Waals surface area (Å²) in [4.78, 5) is 4.57. The molecule has 6 heteroatoms. The van der Waals surface area contributed by atoms with E-state index in [1.807, 2.05) is 37.3 Å². The van der Waals surface area contributed by atoms with Crippen LogP contribution in [0.25, 0.3) is 0 Å². The molecule has 5 nitrogen and oxygen atoms in total. The Kier molecular flexibility index (Phi) is 6.67. The molecule has 2 aromatic rings. The minimum absolute atomic E-state index is 0.0856. The Hall–Kier alpha value is -2.01. The molecule has 1 heterocycles. The molecule has 1 aromatic heterocycles. The van der Waals surface area contributed by atoms with E-state index in [0.717, 1.165) is 34.5 Å². The molecule has 130 valence electrons. The molecule has 0 spiro atoms. The van der Waals surface area contributed by atoms with Crippen LogP contribution in [0.1, 0.15) is 56.7 Å². The van der Waals surface area contributed by atoms with Gasteiger partial charge in [0.25, 0.3) is 0 Å². The first-order valence-electron chi connectivity index (χ1n) is 8.25. The average Bonchev–Trinajstić information content (AvgIpc) is 3.02. The molecule has 0 aliphatic carbocycles. The summed E-state index contributed by atoms with van der Waals surface area (Å²) in [6.07, 6.45) is 0. The number of hydrogen-bond donors (Lipinski definition) is 2. The van der Waals surface area contributed by atoms with E-state index in [4.69, 9.17) is 16.1 Å². The van der Waals surface area contributed by atoms with E-state index >= 15 is 0 Å². The lowest BCUT2D eigenvalue weighted by molar-refractivity contribution is 0.376. The fourth-order valence-corrected chi connectivity index (χ4v) is 2.42. The Bertz CT molecular complexity index is 681. The van der Waals surface area contributed by atoms with Crippen molar-refractivity contribution in [2.75, 3.05) is 6.54 Å². The number of guanidine groups is 1. The highest BCUT2D eigenvalue weighted by atomic mass is 35.5. The maximum atomic E-state index is 6.06. The smallest absolute Gasteiger partial charge is 0.192 e. The van der Waals surface area contributed by atoms with Crippen LogP contribution in [0.4, 0.5) is 0 Å². The van der Waals surface area contributed by atoms with Gasteiger partial charge in [-0.3, -0.25) is 0 Å². The number of rotatable bonds is 6. The maximum Gasteiger partial charge on any atom is 0.192 e. The Morgan fingerprint density at radius 1 is 1.29 bits per heavy atom. The predicted molar refractivity (Wildman–Crippen MR) is 98.4 cm³/mol. The monoisotopic (exact) mass is 348 g/mol. The van der Waals surface area contributed by atoms with Crippen molar-refractivity contribution in [3.8, 4) is 0 Å². The molecule has 0 saturated carbocycles. The van der Waals surface area contributed by atoms with Gasteiger partial charge in [0.05, 0.1) is 11.7 Å². The minimum atomic E-state index is 0.0856. The number of benzene rings is 1. The molecular formula is C18H25ClN4O. The van der Waals surface area contributed by atoms with Crippen LogP contribution in [0.5, 0.6) is 0 Å². The molecule has 1 atom stereocenters. The number of halogens is 1. The third-order valence-corrected chi connectivity index (χ3v) is 3.84. The maximum absolute atomic E-state index is 6.06. The van der Waals surface area contributed by atoms with Gasteiger partial charge in [0, 0.05) is 17.6 Å². The summed E-state index contributed by atoms with van der Waals surface area (Å²) >= 11 is 6.06. The number of aromatic nitrogens is 1. The molecule has 24 heavy (non-hydrogen) atoms. The SMILES string of the molecule is CCNC(=NCc1cc(C(C)C)no1)NC(C)c1cccc(Cl)c1. The van der Waals surface area contributed by atoms with Gasteiger partial charge in [-0.2, -0.15) is 0 Å². The van der Waals surface area contributed by atoms with Crippen molar-refractivity contribution in [3.05, 3.63) is 52.4 Å². The van der Waals surface area contributed by atoms with Crippen LogP contribution in [-0.2, 0) is 6.54 Å². The second-order valence-corrected chi connectivity index (χ2v) is 6.43. The first kappa shape index (κ1) is 18.3. The Morgan fingerprint density at radius 2 is 2.08 bits per heavy atom. The zero-order valence-corrected chi connectivity index (χ0v) is 15.4. The van der Waals surface area contributed by atoms with Gasteiger partial charge in [0.15, 0.2) is 11.7 Å². The summed E-state index contributed by atoms with van der Waals surface area (Å²) in [5, 5.41) is 11.4. The molecule has 0 radical (unpaired) electrons. The standard InChI is InChI=1S/C18H25ClN4O/c1-5-20-18(21-11-16-10-17(12(2)3)23-24-16)22-13(4)14-7-6-8-15(19)9-14/h6-10,12-13H,5,11H2,1-4H3,(H2,20,21,22). The Morgan fingerprint density at radius 3 is 2.71 bits per heavy atom. The van der Waals surface area contributed by atoms with Gasteiger partial charge in [-0.05, 0) is 37.5 Å². The van der Waals surface area contributed by atoms with Crippen molar-refractivity contribution in [2.45, 2.75) is 46.2 Å². The summed E-state index contributed by atoms with van der Waals surface area (Å²) in [6.45, 7) is 9.50. The first-order valence-corrected chi connectivity index (χ1v) is 8.63. The van der Waals surface area contributed by atoms with Crippen LogP contribution in [0.2, 0.25) is 5.02 Å². The van der Waals surface area contributed by atoms with Crippen molar-refractivity contribution in [1.29, 1.82) is 0 Å². The van der Waals surface area contributed by atoms with E-state index < -0.39 is 0 Å². The number of hydrogen-bond acceptors (Lipinski definition) is 3. The van der Waals surface area contributed by atoms with Crippen molar-refractivity contribution in [3.63, 3.8) is 0 Å². The van der Waals surface area contributed by atoms with Gasteiger partial charge in [-0.15, -0.1) is 0 Å². The molecule has 0 amide bonds. The summed E-state index contributed by atoms with van der Waals surface area (Å²) in [5.74, 6) is 1.83. The lowest BCUT2D eigenvalue weighted by Gasteiger charge is -2.18. The molecule has 0 saturated heterocycles. The Balaban J connectivity index is 2.04. The van der Waals surface area contributed by atoms with Gasteiger partial charge in [-0.1, -0.05) is 42.7 Å². The van der Waals surface area contributed by atoms with E-state index in [9.17, 15) is 0 Å². The normalized spacial score (nSPS) is 13.2. The summed E-state index contributed by atoms with van der Waals surface area (Å²) in [5.41, 5.74) is 2.06. The predicted octanol–water partition coefficient (Wildman–Crippen LogP) is 4.27. The number of aliphatic imine (C=N–C) groups is 1. The molecule has 0 aliphatic rings. The largest absolute Gasteiger partial charge is 0.359 e. The first-order chi connectivity index (χ1) is 11.5. The lowest BCUT2D eigenvalue weighted by Crippen LogP contribution is -2.38. The van der Waals surface area contributed by atoms with Crippen LogP contribution in [0.3, 0.4) is 0 Å². The van der Waals surface area contributed by atoms with Gasteiger partial charge in [0.1, 0.15) is 6.54 Å². The van der Waals surface area contributed by atoms with Gasteiger partial charge in [0.2, 0.25) is 0 Å². The summed E-state index contributed by atoms with van der Waals surface area (Å²) < 4.78 is 5.33. The second kappa shape index (κ2) is 8.73. The van der Waals surface area contributed by atoms with Crippen LogP contribution in [0, 0.1) is 0 Å². The highest BCUT2D eigenvalue weighted by Crippen LogP contribution is 2.17. The second-order valence-electron chi connectivity index (χ2n) is 5.99.